The highest BCUT2D eigenvalue weighted by Gasteiger charge is 2.44. The third-order valence-corrected chi connectivity index (χ3v) is 2.17. The number of carbonyl (C=O) groups excluding carboxylic acids is 1. The van der Waals surface area contributed by atoms with Crippen LogP contribution >= 0.6 is 0 Å². The lowest BCUT2D eigenvalue weighted by Crippen LogP contribution is -2.38. The van der Waals surface area contributed by atoms with Crippen LogP contribution in [0.5, 0.6) is 0 Å². The molecule has 1 aliphatic rings. The molecule has 0 amide bonds. The number of ketones is 1. The summed E-state index contributed by atoms with van der Waals surface area (Å²) in [4.78, 5) is 11.6. The number of carbonyl (C=O) groups is 1. The Morgan fingerprint density at radius 2 is 2.00 bits per heavy atom. The minimum atomic E-state index is -2.72. The molecule has 2 nitrogen and oxygen atoms in total. The zero-order chi connectivity index (χ0) is 10.3. The van der Waals surface area contributed by atoms with Gasteiger partial charge < -0.3 is 5.32 Å². The molecule has 0 unspecified atom stereocenters. The van der Waals surface area contributed by atoms with Crippen molar-refractivity contribution in [2.24, 2.45) is 5.41 Å². The molecule has 0 aromatic carbocycles. The first-order valence-electron chi connectivity index (χ1n) is 4.38. The Hall–Kier alpha value is -0.510. The Morgan fingerprint density at radius 3 is 2.31 bits per heavy atom. The smallest absolute Gasteiger partial charge is 0.262 e. The molecule has 0 aromatic rings. The summed E-state index contributed by atoms with van der Waals surface area (Å²) in [6.45, 7) is 4.86. The van der Waals surface area contributed by atoms with Gasteiger partial charge in [0.05, 0.1) is 12.6 Å². The standard InChI is InChI=1S/C9H15F2NO/c1-8(2,3)7(13)6-4-9(10,11)5-12-6/h6,12H,4-5H2,1-3H3/t6-/m0/s1. The molecule has 1 rings (SSSR count). The van der Waals surface area contributed by atoms with E-state index in [1.165, 1.54) is 0 Å². The summed E-state index contributed by atoms with van der Waals surface area (Å²) >= 11 is 0. The quantitative estimate of drug-likeness (QED) is 0.682. The topological polar surface area (TPSA) is 29.1 Å². The van der Waals surface area contributed by atoms with Gasteiger partial charge in [0.25, 0.3) is 5.92 Å². The largest absolute Gasteiger partial charge is 0.302 e. The predicted octanol–water partition coefficient (Wildman–Crippen LogP) is 1.60. The Morgan fingerprint density at radius 1 is 1.46 bits per heavy atom. The lowest BCUT2D eigenvalue weighted by molar-refractivity contribution is -0.128. The van der Waals surface area contributed by atoms with Crippen molar-refractivity contribution in [3.8, 4) is 0 Å². The molecular weight excluding hydrogens is 176 g/mol. The molecule has 1 fully saturated rings. The van der Waals surface area contributed by atoms with Crippen molar-refractivity contribution in [2.75, 3.05) is 6.54 Å². The summed E-state index contributed by atoms with van der Waals surface area (Å²) in [5.74, 6) is -2.85. The number of nitrogens with one attached hydrogen (secondary N) is 1. The molecule has 0 aliphatic carbocycles. The van der Waals surface area contributed by atoms with E-state index in [1.54, 1.807) is 20.8 Å². The van der Waals surface area contributed by atoms with Crippen LogP contribution < -0.4 is 5.32 Å². The maximum atomic E-state index is 12.7. The van der Waals surface area contributed by atoms with Gasteiger partial charge in [-0.2, -0.15) is 0 Å². The lowest BCUT2D eigenvalue weighted by Gasteiger charge is -2.21. The number of rotatable bonds is 1. The molecule has 13 heavy (non-hydrogen) atoms. The first-order chi connectivity index (χ1) is 5.72. The fourth-order valence-electron chi connectivity index (χ4n) is 1.42. The van der Waals surface area contributed by atoms with Crippen LogP contribution in [0.2, 0.25) is 0 Å². The Kier molecular flexibility index (Phi) is 2.45. The average Bonchev–Trinajstić information content (AvgIpc) is 2.26. The van der Waals surface area contributed by atoms with E-state index >= 15 is 0 Å². The van der Waals surface area contributed by atoms with Gasteiger partial charge in [-0.1, -0.05) is 20.8 Å². The highest BCUT2D eigenvalue weighted by Crippen LogP contribution is 2.29. The molecule has 1 heterocycles. The molecule has 1 atom stereocenters. The third kappa shape index (κ3) is 2.46. The number of alkyl halides is 2. The number of hydrogen-bond donors (Lipinski definition) is 1. The SMILES string of the molecule is CC(C)(C)C(=O)[C@@H]1CC(F)(F)CN1. The molecule has 0 radical (unpaired) electrons. The highest BCUT2D eigenvalue weighted by atomic mass is 19.3. The van der Waals surface area contributed by atoms with Crippen molar-refractivity contribution in [3.63, 3.8) is 0 Å². The van der Waals surface area contributed by atoms with Crippen LogP contribution in [0.25, 0.3) is 0 Å². The van der Waals surface area contributed by atoms with Crippen LogP contribution in [-0.2, 0) is 4.79 Å². The molecule has 4 heteroatoms. The zero-order valence-corrected chi connectivity index (χ0v) is 8.16. The van der Waals surface area contributed by atoms with Gasteiger partial charge in [-0.3, -0.25) is 4.79 Å². The van der Waals surface area contributed by atoms with Gasteiger partial charge in [-0.05, 0) is 0 Å². The fourth-order valence-corrected chi connectivity index (χ4v) is 1.42. The van der Waals surface area contributed by atoms with E-state index in [-0.39, 0.29) is 18.7 Å². The van der Waals surface area contributed by atoms with E-state index in [0.29, 0.717) is 0 Å². The lowest BCUT2D eigenvalue weighted by atomic mass is 9.86. The minimum Gasteiger partial charge on any atom is -0.302 e. The van der Waals surface area contributed by atoms with Crippen molar-refractivity contribution in [1.29, 1.82) is 0 Å². The monoisotopic (exact) mass is 191 g/mol. The third-order valence-electron chi connectivity index (χ3n) is 2.17. The van der Waals surface area contributed by atoms with Gasteiger partial charge in [-0.15, -0.1) is 0 Å². The Balaban J connectivity index is 2.62. The summed E-state index contributed by atoms with van der Waals surface area (Å²) in [5, 5.41) is 2.55. The van der Waals surface area contributed by atoms with Gasteiger partial charge >= 0.3 is 0 Å². The molecule has 0 saturated carbocycles. The van der Waals surface area contributed by atoms with Crippen LogP contribution in [0.1, 0.15) is 27.2 Å². The Bertz CT molecular complexity index is 220. The molecule has 0 aromatic heterocycles. The minimum absolute atomic E-state index is 0.135. The van der Waals surface area contributed by atoms with Gasteiger partial charge in [0.15, 0.2) is 5.78 Å². The van der Waals surface area contributed by atoms with E-state index < -0.39 is 17.4 Å². The number of halogens is 2. The summed E-state index contributed by atoms with van der Waals surface area (Å²) < 4.78 is 25.5. The molecule has 1 N–H and O–H groups in total. The normalized spacial score (nSPS) is 27.6. The first-order valence-corrected chi connectivity index (χ1v) is 4.38. The van der Waals surface area contributed by atoms with E-state index in [0.717, 1.165) is 0 Å². The predicted molar refractivity (Wildman–Crippen MR) is 45.8 cm³/mol. The summed E-state index contributed by atoms with van der Waals surface area (Å²) in [5.41, 5.74) is -0.544. The van der Waals surface area contributed by atoms with Gasteiger partial charge in [0, 0.05) is 11.8 Å². The maximum Gasteiger partial charge on any atom is 0.262 e. The van der Waals surface area contributed by atoms with Gasteiger partial charge in [0.2, 0.25) is 0 Å². The fraction of sp³-hybridized carbons (Fsp3) is 0.889. The summed E-state index contributed by atoms with van der Waals surface area (Å²) in [6.07, 6.45) is -0.358. The van der Waals surface area contributed by atoms with Crippen molar-refractivity contribution < 1.29 is 13.6 Å². The van der Waals surface area contributed by atoms with Crippen molar-refractivity contribution >= 4 is 5.78 Å². The average molecular weight is 191 g/mol. The van der Waals surface area contributed by atoms with Crippen molar-refractivity contribution in [2.45, 2.75) is 39.2 Å². The van der Waals surface area contributed by atoms with E-state index in [2.05, 4.69) is 5.32 Å². The molecule has 0 bridgehead atoms. The molecule has 1 aliphatic heterocycles. The Labute approximate surface area is 76.7 Å². The highest BCUT2D eigenvalue weighted by molar-refractivity contribution is 5.89. The van der Waals surface area contributed by atoms with Gasteiger partial charge in [0.1, 0.15) is 0 Å². The number of hydrogen-bond acceptors (Lipinski definition) is 2. The van der Waals surface area contributed by atoms with Crippen LogP contribution in [0, 0.1) is 5.41 Å². The van der Waals surface area contributed by atoms with Gasteiger partial charge in [-0.25, -0.2) is 8.78 Å². The summed E-state index contributed by atoms with van der Waals surface area (Å²) in [7, 11) is 0. The second kappa shape index (κ2) is 3.01. The van der Waals surface area contributed by atoms with Crippen molar-refractivity contribution in [3.05, 3.63) is 0 Å². The van der Waals surface area contributed by atoms with Crippen LogP contribution in [-0.4, -0.2) is 24.3 Å². The van der Waals surface area contributed by atoms with Crippen LogP contribution in [0.4, 0.5) is 8.78 Å². The molecule has 76 valence electrons. The second-order valence-corrected chi connectivity index (χ2v) is 4.61. The van der Waals surface area contributed by atoms with E-state index in [4.69, 9.17) is 0 Å². The molecule has 1 saturated heterocycles. The molecular formula is C9H15F2NO. The van der Waals surface area contributed by atoms with E-state index in [9.17, 15) is 13.6 Å². The number of Topliss-reactive ketones (excluding diaryl/α,β-unsaturated/α-hetero) is 1. The zero-order valence-electron chi connectivity index (χ0n) is 8.16. The second-order valence-electron chi connectivity index (χ2n) is 4.61. The maximum absolute atomic E-state index is 12.7. The van der Waals surface area contributed by atoms with Crippen LogP contribution in [0.3, 0.4) is 0 Å². The van der Waals surface area contributed by atoms with Crippen molar-refractivity contribution in [1.82, 2.24) is 5.32 Å². The summed E-state index contributed by atoms with van der Waals surface area (Å²) in [6, 6.07) is -0.671. The van der Waals surface area contributed by atoms with Crippen LogP contribution in [0.15, 0.2) is 0 Å². The molecule has 0 spiro atoms. The first kappa shape index (κ1) is 10.6. The van der Waals surface area contributed by atoms with E-state index in [1.807, 2.05) is 0 Å².